The molecule has 8 heteroatoms. The Morgan fingerprint density at radius 3 is 2.53 bits per heavy atom. The Hall–Kier alpha value is -3.18. The fourth-order valence-corrected chi connectivity index (χ4v) is 5.94. The van der Waals surface area contributed by atoms with Crippen molar-refractivity contribution in [1.29, 1.82) is 5.26 Å². The van der Waals surface area contributed by atoms with Crippen LogP contribution in [0.5, 0.6) is 0 Å². The molecular weight excluding hydrogens is 472 g/mol. The van der Waals surface area contributed by atoms with Crippen molar-refractivity contribution in [1.82, 2.24) is 9.88 Å². The SMILES string of the molecule is CC(C)Cc1ccc(C#N)c(SCC(=O)N(C2CCCCC2)C2CC(=O)N(c3ccccc3)C2=O)n1. The number of para-hydroxylation sites is 1. The zero-order valence-corrected chi connectivity index (χ0v) is 21.7. The van der Waals surface area contributed by atoms with Gasteiger partial charge in [0.2, 0.25) is 11.8 Å². The Bertz CT molecular complexity index is 1160. The summed E-state index contributed by atoms with van der Waals surface area (Å²) in [5.41, 5.74) is 1.86. The van der Waals surface area contributed by atoms with Crippen LogP contribution in [-0.2, 0) is 20.8 Å². The number of carbonyl (C=O) groups excluding carboxylic acids is 3. The summed E-state index contributed by atoms with van der Waals surface area (Å²) < 4.78 is 0. The molecular formula is C28H32N4O3S. The van der Waals surface area contributed by atoms with E-state index in [0.717, 1.165) is 44.2 Å². The molecule has 0 spiro atoms. The van der Waals surface area contributed by atoms with Gasteiger partial charge in [-0.25, -0.2) is 9.88 Å². The van der Waals surface area contributed by atoms with Crippen molar-refractivity contribution < 1.29 is 14.4 Å². The predicted octanol–water partition coefficient (Wildman–Crippen LogP) is 4.74. The minimum absolute atomic E-state index is 0.00773. The molecule has 3 amide bonds. The molecule has 2 aliphatic rings. The summed E-state index contributed by atoms with van der Waals surface area (Å²) in [4.78, 5) is 47.6. The average Bonchev–Trinajstić information content (AvgIpc) is 3.17. The molecule has 2 fully saturated rings. The lowest BCUT2D eigenvalue weighted by Crippen LogP contribution is -2.52. The van der Waals surface area contributed by atoms with E-state index >= 15 is 0 Å². The number of amides is 3. The van der Waals surface area contributed by atoms with E-state index in [9.17, 15) is 19.6 Å². The molecule has 1 unspecified atom stereocenters. The van der Waals surface area contributed by atoms with Gasteiger partial charge < -0.3 is 4.90 Å². The van der Waals surface area contributed by atoms with Gasteiger partial charge in [0.15, 0.2) is 0 Å². The maximum atomic E-state index is 13.7. The van der Waals surface area contributed by atoms with Crippen molar-refractivity contribution in [2.45, 2.75) is 75.9 Å². The zero-order valence-electron chi connectivity index (χ0n) is 20.9. The van der Waals surface area contributed by atoms with E-state index in [1.54, 1.807) is 35.2 Å². The average molecular weight is 505 g/mol. The molecule has 188 valence electrons. The van der Waals surface area contributed by atoms with E-state index < -0.39 is 6.04 Å². The van der Waals surface area contributed by atoms with Gasteiger partial charge in [-0.1, -0.05) is 63.1 Å². The maximum Gasteiger partial charge on any atom is 0.257 e. The van der Waals surface area contributed by atoms with Crippen LogP contribution in [0.4, 0.5) is 5.69 Å². The highest BCUT2D eigenvalue weighted by atomic mass is 32.2. The van der Waals surface area contributed by atoms with Crippen LogP contribution in [0, 0.1) is 17.2 Å². The zero-order chi connectivity index (χ0) is 25.7. The van der Waals surface area contributed by atoms with Crippen LogP contribution in [-0.4, -0.2) is 45.4 Å². The number of nitriles is 1. The minimum Gasteiger partial charge on any atom is -0.326 e. The van der Waals surface area contributed by atoms with Gasteiger partial charge in [-0.05, 0) is 49.4 Å². The molecule has 1 saturated heterocycles. The molecule has 1 saturated carbocycles. The second-order valence-electron chi connectivity index (χ2n) is 9.87. The highest BCUT2D eigenvalue weighted by Gasteiger charge is 2.46. The van der Waals surface area contributed by atoms with Gasteiger partial charge in [-0.15, -0.1) is 0 Å². The molecule has 1 aliphatic heterocycles. The molecule has 0 N–H and O–H groups in total. The molecule has 2 aromatic rings. The minimum atomic E-state index is -0.801. The number of benzene rings is 1. The van der Waals surface area contributed by atoms with Crippen molar-refractivity contribution >= 4 is 35.2 Å². The van der Waals surface area contributed by atoms with Gasteiger partial charge in [0, 0.05) is 11.7 Å². The second-order valence-corrected chi connectivity index (χ2v) is 10.8. The number of carbonyl (C=O) groups is 3. The number of imide groups is 1. The van der Waals surface area contributed by atoms with Crippen molar-refractivity contribution in [3.63, 3.8) is 0 Å². The third-order valence-corrected chi connectivity index (χ3v) is 7.69. The van der Waals surface area contributed by atoms with Crippen LogP contribution in [0.25, 0.3) is 0 Å². The van der Waals surface area contributed by atoms with Crippen LogP contribution in [0.1, 0.15) is 63.6 Å². The normalized spacial score (nSPS) is 18.5. The highest BCUT2D eigenvalue weighted by Crippen LogP contribution is 2.32. The standard InChI is InChI=1S/C28H32N4O3S/c1-19(2)15-21-14-13-20(17-29)27(30-21)36-18-26(34)31(22-9-5-3-6-10-22)24-16-25(33)32(28(24)35)23-11-7-4-8-12-23/h4,7-8,11-14,19,22,24H,3,5-6,9-10,15-16,18H2,1-2H3. The van der Waals surface area contributed by atoms with Crippen molar-refractivity contribution in [2.24, 2.45) is 5.92 Å². The number of hydrogen-bond donors (Lipinski definition) is 0. The van der Waals surface area contributed by atoms with Gasteiger partial charge >= 0.3 is 0 Å². The van der Waals surface area contributed by atoms with Crippen molar-refractivity contribution in [3.05, 3.63) is 53.7 Å². The molecule has 7 nitrogen and oxygen atoms in total. The van der Waals surface area contributed by atoms with Crippen LogP contribution in [0.2, 0.25) is 0 Å². The van der Waals surface area contributed by atoms with E-state index in [4.69, 9.17) is 0 Å². The highest BCUT2D eigenvalue weighted by molar-refractivity contribution is 8.00. The summed E-state index contributed by atoms with van der Waals surface area (Å²) in [5.74, 6) is -0.331. The van der Waals surface area contributed by atoms with Gasteiger partial charge in [0.1, 0.15) is 17.1 Å². The number of anilines is 1. The Labute approximate surface area is 216 Å². The van der Waals surface area contributed by atoms with E-state index in [-0.39, 0.29) is 35.9 Å². The van der Waals surface area contributed by atoms with E-state index in [2.05, 4.69) is 24.9 Å². The largest absolute Gasteiger partial charge is 0.326 e. The van der Waals surface area contributed by atoms with Gasteiger partial charge in [0.05, 0.1) is 23.4 Å². The van der Waals surface area contributed by atoms with Gasteiger partial charge in [0.25, 0.3) is 5.91 Å². The topological polar surface area (TPSA) is 94.4 Å². The molecule has 4 rings (SSSR count). The quantitative estimate of drug-likeness (QED) is 0.381. The first-order chi connectivity index (χ1) is 17.4. The lowest BCUT2D eigenvalue weighted by molar-refractivity contribution is -0.139. The van der Waals surface area contributed by atoms with Crippen molar-refractivity contribution in [2.75, 3.05) is 10.7 Å². The summed E-state index contributed by atoms with van der Waals surface area (Å²) in [6.45, 7) is 4.22. The fourth-order valence-electron chi connectivity index (χ4n) is 5.08. The first kappa shape index (κ1) is 25.9. The number of thioether (sulfide) groups is 1. The maximum absolute atomic E-state index is 13.7. The van der Waals surface area contributed by atoms with Gasteiger partial charge in [-0.3, -0.25) is 14.4 Å². The summed E-state index contributed by atoms with van der Waals surface area (Å²) in [5, 5.41) is 10.1. The first-order valence-electron chi connectivity index (χ1n) is 12.6. The Morgan fingerprint density at radius 2 is 1.86 bits per heavy atom. The molecule has 36 heavy (non-hydrogen) atoms. The number of nitrogens with zero attached hydrogens (tertiary/aromatic N) is 4. The molecule has 1 aromatic carbocycles. The van der Waals surface area contributed by atoms with Crippen molar-refractivity contribution in [3.8, 4) is 6.07 Å². The Balaban J connectivity index is 1.56. The monoisotopic (exact) mass is 504 g/mol. The van der Waals surface area contributed by atoms with Crippen LogP contribution in [0.15, 0.2) is 47.5 Å². The lowest BCUT2D eigenvalue weighted by Gasteiger charge is -2.37. The fraction of sp³-hybridized carbons (Fsp3) is 0.464. The summed E-state index contributed by atoms with van der Waals surface area (Å²) in [6, 6.07) is 13.8. The molecule has 1 atom stereocenters. The van der Waals surface area contributed by atoms with E-state index in [1.807, 2.05) is 12.1 Å². The van der Waals surface area contributed by atoms with Gasteiger partial charge in [-0.2, -0.15) is 5.26 Å². The number of rotatable bonds is 8. The number of hydrogen-bond acceptors (Lipinski definition) is 6. The first-order valence-corrected chi connectivity index (χ1v) is 13.6. The molecule has 2 heterocycles. The molecule has 0 radical (unpaired) electrons. The van der Waals surface area contributed by atoms with E-state index in [0.29, 0.717) is 22.2 Å². The second kappa shape index (κ2) is 11.7. The smallest absolute Gasteiger partial charge is 0.257 e. The predicted molar refractivity (Wildman–Crippen MR) is 139 cm³/mol. The number of pyridine rings is 1. The third kappa shape index (κ3) is 5.79. The molecule has 1 aromatic heterocycles. The Morgan fingerprint density at radius 1 is 1.14 bits per heavy atom. The summed E-state index contributed by atoms with van der Waals surface area (Å²) >= 11 is 1.24. The van der Waals surface area contributed by atoms with E-state index in [1.165, 1.54) is 16.7 Å². The van der Waals surface area contributed by atoms with Crippen LogP contribution >= 0.6 is 11.8 Å². The number of aromatic nitrogens is 1. The Kier molecular flexibility index (Phi) is 8.42. The third-order valence-electron chi connectivity index (χ3n) is 6.72. The van der Waals surface area contributed by atoms with Crippen LogP contribution in [0.3, 0.4) is 0 Å². The molecule has 0 bridgehead atoms. The summed E-state index contributed by atoms with van der Waals surface area (Å²) in [6.07, 6.45) is 5.53. The lowest BCUT2D eigenvalue weighted by atomic mass is 9.92. The van der Waals surface area contributed by atoms with Crippen LogP contribution < -0.4 is 4.90 Å². The molecule has 1 aliphatic carbocycles. The summed E-state index contributed by atoms with van der Waals surface area (Å²) in [7, 11) is 0.